The van der Waals surface area contributed by atoms with Crippen molar-refractivity contribution in [2.24, 2.45) is 5.73 Å². The van der Waals surface area contributed by atoms with Crippen molar-refractivity contribution in [2.45, 2.75) is 25.6 Å². The average Bonchev–Trinajstić information content (AvgIpc) is 3.06. The summed E-state index contributed by atoms with van der Waals surface area (Å²) in [4.78, 5) is 29.3. The molecule has 1 aliphatic heterocycles. The third-order valence-electron chi connectivity index (χ3n) is 5.08. The second-order valence-electron chi connectivity index (χ2n) is 6.99. The van der Waals surface area contributed by atoms with Crippen molar-refractivity contribution in [2.75, 3.05) is 13.1 Å². The molecule has 0 atom stereocenters. The first-order valence-electron chi connectivity index (χ1n) is 9.01. The molecule has 0 spiro atoms. The quantitative estimate of drug-likeness (QED) is 0.746. The minimum Gasteiger partial charge on any atom is -0.354 e. The SMILES string of the molecule is NC(=O)n1cccc(-c2cc3cc(CN4CCC(F)CC4)ccc3[nH]2)c1=O. The van der Waals surface area contributed by atoms with Crippen molar-refractivity contribution in [3.8, 4) is 11.3 Å². The number of rotatable bonds is 3. The Kier molecular flexibility index (Phi) is 4.53. The van der Waals surface area contributed by atoms with Gasteiger partial charge in [0, 0.05) is 36.7 Å². The number of carbonyl (C=O) groups excluding carboxylic acids is 1. The molecule has 1 amide bonds. The number of aromatic amines is 1. The zero-order valence-corrected chi connectivity index (χ0v) is 14.8. The van der Waals surface area contributed by atoms with Crippen LogP contribution >= 0.6 is 0 Å². The van der Waals surface area contributed by atoms with E-state index in [0.29, 0.717) is 24.1 Å². The van der Waals surface area contributed by atoms with Crippen LogP contribution in [0.4, 0.5) is 9.18 Å². The number of hydrogen-bond acceptors (Lipinski definition) is 3. The Morgan fingerprint density at radius 1 is 1.22 bits per heavy atom. The number of aromatic nitrogens is 2. The van der Waals surface area contributed by atoms with Crippen molar-refractivity contribution < 1.29 is 9.18 Å². The summed E-state index contributed by atoms with van der Waals surface area (Å²) in [6.45, 7) is 2.32. The monoisotopic (exact) mass is 368 g/mol. The molecule has 3 N–H and O–H groups in total. The Morgan fingerprint density at radius 3 is 2.74 bits per heavy atom. The second-order valence-corrected chi connectivity index (χ2v) is 6.99. The molecule has 0 bridgehead atoms. The number of benzene rings is 1. The van der Waals surface area contributed by atoms with Gasteiger partial charge in [0.05, 0.1) is 11.3 Å². The molecular weight excluding hydrogens is 347 g/mol. The van der Waals surface area contributed by atoms with Crippen molar-refractivity contribution in [1.29, 1.82) is 0 Å². The molecule has 6 nitrogen and oxygen atoms in total. The van der Waals surface area contributed by atoms with Gasteiger partial charge in [-0.3, -0.25) is 9.69 Å². The number of fused-ring (bicyclic) bond motifs is 1. The van der Waals surface area contributed by atoms with E-state index in [9.17, 15) is 14.0 Å². The van der Waals surface area contributed by atoms with E-state index in [0.717, 1.165) is 40.7 Å². The maximum Gasteiger partial charge on any atom is 0.325 e. The molecule has 1 aliphatic rings. The number of H-pyrrole nitrogens is 1. The zero-order valence-electron chi connectivity index (χ0n) is 14.8. The molecular formula is C20H21FN4O2. The fourth-order valence-corrected chi connectivity index (χ4v) is 3.62. The largest absolute Gasteiger partial charge is 0.354 e. The highest BCUT2D eigenvalue weighted by molar-refractivity contribution is 5.86. The summed E-state index contributed by atoms with van der Waals surface area (Å²) in [5.41, 5.74) is 7.87. The van der Waals surface area contributed by atoms with Crippen LogP contribution < -0.4 is 11.3 Å². The number of alkyl halides is 1. The van der Waals surface area contributed by atoms with Gasteiger partial charge in [0.1, 0.15) is 6.17 Å². The number of amides is 1. The second kappa shape index (κ2) is 7.00. The lowest BCUT2D eigenvalue weighted by Crippen LogP contribution is -2.33. The molecule has 1 fully saturated rings. The molecule has 4 rings (SSSR count). The van der Waals surface area contributed by atoms with Crippen LogP contribution in [0.3, 0.4) is 0 Å². The van der Waals surface area contributed by atoms with Crippen LogP contribution in [0.2, 0.25) is 0 Å². The Labute approximate surface area is 155 Å². The van der Waals surface area contributed by atoms with Gasteiger partial charge in [-0.05, 0) is 48.7 Å². The first-order chi connectivity index (χ1) is 13.0. The molecule has 1 aromatic carbocycles. The minimum absolute atomic E-state index is 0.388. The number of halogens is 1. The van der Waals surface area contributed by atoms with Gasteiger partial charge in [-0.2, -0.15) is 0 Å². The fraction of sp³-hybridized carbons (Fsp3) is 0.300. The molecule has 0 saturated carbocycles. The van der Waals surface area contributed by atoms with Crippen LogP contribution in [-0.2, 0) is 6.54 Å². The highest BCUT2D eigenvalue weighted by Crippen LogP contribution is 2.24. The van der Waals surface area contributed by atoms with Crippen LogP contribution in [-0.4, -0.2) is 39.7 Å². The fourth-order valence-electron chi connectivity index (χ4n) is 3.62. The van der Waals surface area contributed by atoms with Gasteiger partial charge in [0.2, 0.25) is 0 Å². The molecule has 1 saturated heterocycles. The summed E-state index contributed by atoms with van der Waals surface area (Å²) in [5, 5.41) is 0.983. The molecule has 27 heavy (non-hydrogen) atoms. The van der Waals surface area contributed by atoms with Crippen LogP contribution in [0.25, 0.3) is 22.2 Å². The molecule has 7 heteroatoms. The topological polar surface area (TPSA) is 84.1 Å². The van der Waals surface area contributed by atoms with Gasteiger partial charge >= 0.3 is 6.03 Å². The number of likely N-dealkylation sites (tertiary alicyclic amines) is 1. The van der Waals surface area contributed by atoms with E-state index < -0.39 is 17.8 Å². The summed E-state index contributed by atoms with van der Waals surface area (Å²) in [7, 11) is 0. The first-order valence-corrected chi connectivity index (χ1v) is 9.01. The van der Waals surface area contributed by atoms with Gasteiger partial charge in [-0.25, -0.2) is 13.8 Å². The summed E-state index contributed by atoms with van der Waals surface area (Å²) >= 11 is 0. The van der Waals surface area contributed by atoms with Crippen LogP contribution in [0.5, 0.6) is 0 Å². The number of hydrogen-bond donors (Lipinski definition) is 2. The highest BCUT2D eigenvalue weighted by atomic mass is 19.1. The van der Waals surface area contributed by atoms with Gasteiger partial charge < -0.3 is 10.7 Å². The zero-order chi connectivity index (χ0) is 19.0. The van der Waals surface area contributed by atoms with E-state index in [-0.39, 0.29) is 0 Å². The van der Waals surface area contributed by atoms with E-state index in [1.807, 2.05) is 18.2 Å². The number of nitrogens with two attached hydrogens (primary N) is 1. The van der Waals surface area contributed by atoms with E-state index in [4.69, 9.17) is 5.73 Å². The lowest BCUT2D eigenvalue weighted by atomic mass is 10.1. The Hall–Kier alpha value is -2.93. The number of piperidine rings is 1. The number of carbonyl (C=O) groups is 1. The average molecular weight is 368 g/mol. The maximum absolute atomic E-state index is 13.3. The highest BCUT2D eigenvalue weighted by Gasteiger charge is 2.18. The van der Waals surface area contributed by atoms with E-state index in [1.54, 1.807) is 12.1 Å². The summed E-state index contributed by atoms with van der Waals surface area (Å²) < 4.78 is 14.2. The molecule has 2 aromatic heterocycles. The molecule has 0 unspecified atom stereocenters. The maximum atomic E-state index is 13.3. The molecule has 3 heterocycles. The van der Waals surface area contributed by atoms with Gasteiger partial charge in [-0.15, -0.1) is 0 Å². The summed E-state index contributed by atoms with van der Waals surface area (Å²) in [5.74, 6) is 0. The number of primary amides is 1. The molecule has 3 aromatic rings. The molecule has 140 valence electrons. The lowest BCUT2D eigenvalue weighted by Gasteiger charge is -2.28. The molecule has 0 radical (unpaired) electrons. The van der Waals surface area contributed by atoms with Crippen molar-refractivity contribution in [3.05, 3.63) is 58.5 Å². The third kappa shape index (κ3) is 3.50. The lowest BCUT2D eigenvalue weighted by molar-refractivity contribution is 0.145. The predicted molar refractivity (Wildman–Crippen MR) is 102 cm³/mol. The number of nitrogens with zero attached hydrogens (tertiary/aromatic N) is 2. The van der Waals surface area contributed by atoms with Crippen molar-refractivity contribution >= 4 is 16.9 Å². The van der Waals surface area contributed by atoms with E-state index in [1.165, 1.54) is 6.20 Å². The predicted octanol–water partition coefficient (Wildman–Crippen LogP) is 2.86. The normalized spacial score (nSPS) is 16.0. The Morgan fingerprint density at radius 2 is 2.00 bits per heavy atom. The third-order valence-corrected chi connectivity index (χ3v) is 5.08. The van der Waals surface area contributed by atoms with E-state index >= 15 is 0 Å². The van der Waals surface area contributed by atoms with Crippen molar-refractivity contribution in [1.82, 2.24) is 14.5 Å². The van der Waals surface area contributed by atoms with E-state index in [2.05, 4.69) is 16.0 Å². The summed E-state index contributed by atoms with van der Waals surface area (Å²) in [6, 6.07) is 10.5. The van der Waals surface area contributed by atoms with Gasteiger partial charge in [0.15, 0.2) is 0 Å². The number of nitrogens with one attached hydrogen (secondary N) is 1. The Balaban J connectivity index is 1.63. The molecule has 0 aliphatic carbocycles. The number of pyridine rings is 1. The van der Waals surface area contributed by atoms with Gasteiger partial charge in [-0.1, -0.05) is 6.07 Å². The summed E-state index contributed by atoms with van der Waals surface area (Å²) in [6.07, 6.45) is 1.87. The van der Waals surface area contributed by atoms with Gasteiger partial charge in [0.25, 0.3) is 5.56 Å². The first kappa shape index (κ1) is 17.5. The van der Waals surface area contributed by atoms with Crippen LogP contribution in [0.15, 0.2) is 47.4 Å². The van der Waals surface area contributed by atoms with Crippen LogP contribution in [0, 0.1) is 0 Å². The Bertz CT molecular complexity index is 1050. The standard InChI is InChI=1S/C20H21FN4O2/c21-15-5-8-24(9-6-15)12-13-3-4-17-14(10-13)11-18(23-17)16-2-1-7-25(19(16)26)20(22)27/h1-4,7,10-11,15,23H,5-6,8-9,12H2,(H2,22,27). The minimum atomic E-state index is -0.808. The van der Waals surface area contributed by atoms with Crippen LogP contribution in [0.1, 0.15) is 18.4 Å². The smallest absolute Gasteiger partial charge is 0.325 e. The van der Waals surface area contributed by atoms with Crippen molar-refractivity contribution in [3.63, 3.8) is 0 Å².